The first-order valence-electron chi connectivity index (χ1n) is 6.16. The number of hydrazine groups is 1. The van der Waals surface area contributed by atoms with Gasteiger partial charge in [0.25, 0.3) is 0 Å². The number of hydrogen-bond donors (Lipinski definition) is 3. The summed E-state index contributed by atoms with van der Waals surface area (Å²) in [5.74, 6) is 0.753. The highest BCUT2D eigenvalue weighted by Crippen LogP contribution is 2.37. The zero-order chi connectivity index (χ0) is 11.8. The van der Waals surface area contributed by atoms with Crippen LogP contribution in [0.5, 0.6) is 0 Å². The summed E-state index contributed by atoms with van der Waals surface area (Å²) in [6.45, 7) is 0.869. The van der Waals surface area contributed by atoms with Crippen LogP contribution < -0.4 is 10.9 Å². The Morgan fingerprint density at radius 3 is 3.00 bits per heavy atom. The van der Waals surface area contributed by atoms with E-state index in [1.54, 1.807) is 0 Å². The molecule has 3 N–H and O–H groups in total. The molecule has 2 aliphatic rings. The number of rotatable bonds is 1. The zero-order valence-corrected chi connectivity index (χ0v) is 10.3. The molecule has 92 valence electrons. The summed E-state index contributed by atoms with van der Waals surface area (Å²) in [6.07, 6.45) is 1.68. The van der Waals surface area contributed by atoms with Gasteiger partial charge in [-0.3, -0.25) is 10.9 Å². The van der Waals surface area contributed by atoms with E-state index in [0.29, 0.717) is 17.9 Å². The third-order valence-corrected chi connectivity index (χ3v) is 4.26. The molecule has 0 spiro atoms. The molecule has 1 saturated carbocycles. The fourth-order valence-electron chi connectivity index (χ4n) is 3.10. The van der Waals surface area contributed by atoms with E-state index in [-0.39, 0.29) is 6.10 Å². The van der Waals surface area contributed by atoms with E-state index in [9.17, 15) is 5.11 Å². The van der Waals surface area contributed by atoms with Crippen LogP contribution in [-0.2, 0) is 0 Å². The molecule has 1 saturated heterocycles. The Morgan fingerprint density at radius 2 is 2.18 bits per heavy atom. The van der Waals surface area contributed by atoms with Crippen molar-refractivity contribution >= 4 is 11.6 Å². The molecular weight excluding hydrogens is 236 g/mol. The maximum atomic E-state index is 10.2. The molecule has 0 bridgehead atoms. The summed E-state index contributed by atoms with van der Waals surface area (Å²) in [5, 5.41) is 10.9. The van der Waals surface area contributed by atoms with Gasteiger partial charge in [-0.05, 0) is 36.5 Å². The summed E-state index contributed by atoms with van der Waals surface area (Å²) in [5.41, 5.74) is 7.64. The van der Waals surface area contributed by atoms with Crippen molar-refractivity contribution in [2.24, 2.45) is 5.92 Å². The predicted molar refractivity (Wildman–Crippen MR) is 67.9 cm³/mol. The SMILES string of the molecule is OC1CC(c2cccc(Cl)c2)CC2NNCC12. The maximum Gasteiger partial charge on any atom is 0.0602 e. The Bertz CT molecular complexity index is 412. The van der Waals surface area contributed by atoms with Crippen LogP contribution in [0.25, 0.3) is 0 Å². The molecule has 3 rings (SSSR count). The smallest absolute Gasteiger partial charge is 0.0602 e. The van der Waals surface area contributed by atoms with Crippen LogP contribution >= 0.6 is 11.6 Å². The molecule has 4 unspecified atom stereocenters. The molecule has 4 heteroatoms. The highest BCUT2D eigenvalue weighted by Gasteiger charge is 2.40. The van der Waals surface area contributed by atoms with E-state index in [4.69, 9.17) is 11.6 Å². The van der Waals surface area contributed by atoms with Crippen LogP contribution in [-0.4, -0.2) is 23.8 Å². The number of benzene rings is 1. The number of halogens is 1. The summed E-state index contributed by atoms with van der Waals surface area (Å²) in [4.78, 5) is 0. The molecule has 4 atom stereocenters. The van der Waals surface area contributed by atoms with Gasteiger partial charge in [-0.1, -0.05) is 23.7 Å². The standard InChI is InChI=1S/C13H17ClN2O/c14-10-3-1-2-8(4-10)9-5-12-11(7-15-16-12)13(17)6-9/h1-4,9,11-13,15-17H,5-7H2. The average molecular weight is 253 g/mol. The summed E-state index contributed by atoms with van der Waals surface area (Å²) in [7, 11) is 0. The third-order valence-electron chi connectivity index (χ3n) is 4.02. The molecule has 0 amide bonds. The average Bonchev–Trinajstić information content (AvgIpc) is 2.77. The van der Waals surface area contributed by atoms with Crippen LogP contribution in [0.2, 0.25) is 5.02 Å². The topological polar surface area (TPSA) is 44.3 Å². The van der Waals surface area contributed by atoms with Crippen molar-refractivity contribution in [2.45, 2.75) is 30.9 Å². The van der Waals surface area contributed by atoms with E-state index < -0.39 is 0 Å². The first kappa shape index (κ1) is 11.5. The number of aliphatic hydroxyl groups excluding tert-OH is 1. The number of nitrogens with one attached hydrogen (secondary N) is 2. The second kappa shape index (κ2) is 4.58. The Morgan fingerprint density at radius 1 is 1.29 bits per heavy atom. The first-order chi connectivity index (χ1) is 8.24. The minimum atomic E-state index is -0.222. The van der Waals surface area contributed by atoms with Gasteiger partial charge in [0.15, 0.2) is 0 Å². The molecule has 1 aliphatic carbocycles. The van der Waals surface area contributed by atoms with Crippen molar-refractivity contribution in [3.8, 4) is 0 Å². The molecule has 0 radical (unpaired) electrons. The van der Waals surface area contributed by atoms with Gasteiger partial charge in [-0.2, -0.15) is 0 Å². The first-order valence-corrected chi connectivity index (χ1v) is 6.54. The largest absolute Gasteiger partial charge is 0.393 e. The third kappa shape index (κ3) is 2.20. The minimum Gasteiger partial charge on any atom is -0.393 e. The lowest BCUT2D eigenvalue weighted by Gasteiger charge is -2.35. The van der Waals surface area contributed by atoms with Crippen LogP contribution in [0.4, 0.5) is 0 Å². The van der Waals surface area contributed by atoms with Gasteiger partial charge in [-0.15, -0.1) is 0 Å². The van der Waals surface area contributed by atoms with E-state index in [1.807, 2.05) is 18.2 Å². The van der Waals surface area contributed by atoms with Gasteiger partial charge < -0.3 is 5.11 Å². The van der Waals surface area contributed by atoms with Crippen LogP contribution in [0.1, 0.15) is 24.3 Å². The normalized spacial score (nSPS) is 36.8. The lowest BCUT2D eigenvalue weighted by Crippen LogP contribution is -2.42. The Kier molecular flexibility index (Phi) is 3.09. The van der Waals surface area contributed by atoms with E-state index in [2.05, 4.69) is 16.9 Å². The molecule has 1 heterocycles. The van der Waals surface area contributed by atoms with Gasteiger partial charge in [0, 0.05) is 23.5 Å². The fourth-order valence-corrected chi connectivity index (χ4v) is 3.30. The van der Waals surface area contributed by atoms with Crippen LogP contribution in [0.15, 0.2) is 24.3 Å². The fraction of sp³-hybridized carbons (Fsp3) is 0.538. The maximum absolute atomic E-state index is 10.2. The second-order valence-corrected chi connectivity index (χ2v) is 5.52. The molecule has 1 aromatic rings. The van der Waals surface area contributed by atoms with Crippen LogP contribution in [0.3, 0.4) is 0 Å². The lowest BCUT2D eigenvalue weighted by atomic mass is 9.74. The Hall–Kier alpha value is -0.610. The Balaban J connectivity index is 1.81. The Labute approximate surface area is 106 Å². The molecule has 2 fully saturated rings. The predicted octanol–water partition coefficient (Wildman–Crippen LogP) is 1.67. The van der Waals surface area contributed by atoms with E-state index >= 15 is 0 Å². The van der Waals surface area contributed by atoms with Crippen molar-refractivity contribution in [1.82, 2.24) is 10.9 Å². The van der Waals surface area contributed by atoms with Gasteiger partial charge in [0.05, 0.1) is 6.10 Å². The monoisotopic (exact) mass is 252 g/mol. The van der Waals surface area contributed by atoms with Crippen molar-refractivity contribution < 1.29 is 5.11 Å². The molecular formula is C13H17ClN2O. The van der Waals surface area contributed by atoms with Gasteiger partial charge >= 0.3 is 0 Å². The molecule has 1 aromatic carbocycles. The number of hydrogen-bond acceptors (Lipinski definition) is 3. The van der Waals surface area contributed by atoms with Crippen molar-refractivity contribution in [3.05, 3.63) is 34.9 Å². The van der Waals surface area contributed by atoms with E-state index in [1.165, 1.54) is 5.56 Å². The van der Waals surface area contributed by atoms with Crippen molar-refractivity contribution in [3.63, 3.8) is 0 Å². The number of aliphatic hydroxyl groups is 1. The molecule has 3 nitrogen and oxygen atoms in total. The second-order valence-electron chi connectivity index (χ2n) is 5.09. The molecule has 1 aliphatic heterocycles. The lowest BCUT2D eigenvalue weighted by molar-refractivity contribution is 0.0608. The highest BCUT2D eigenvalue weighted by atomic mass is 35.5. The van der Waals surface area contributed by atoms with E-state index in [0.717, 1.165) is 24.4 Å². The molecule has 0 aromatic heterocycles. The summed E-state index contributed by atoms with van der Waals surface area (Å²) < 4.78 is 0. The van der Waals surface area contributed by atoms with Crippen LogP contribution in [0, 0.1) is 5.92 Å². The zero-order valence-electron chi connectivity index (χ0n) is 9.57. The molecule has 17 heavy (non-hydrogen) atoms. The van der Waals surface area contributed by atoms with Gasteiger partial charge in [-0.25, -0.2) is 0 Å². The number of fused-ring (bicyclic) bond motifs is 1. The summed E-state index contributed by atoms with van der Waals surface area (Å²) in [6, 6.07) is 8.37. The quantitative estimate of drug-likeness (QED) is 0.713. The van der Waals surface area contributed by atoms with Gasteiger partial charge in [0.2, 0.25) is 0 Å². The highest BCUT2D eigenvalue weighted by molar-refractivity contribution is 6.30. The van der Waals surface area contributed by atoms with Crippen molar-refractivity contribution in [1.29, 1.82) is 0 Å². The van der Waals surface area contributed by atoms with Gasteiger partial charge in [0.1, 0.15) is 0 Å². The minimum absolute atomic E-state index is 0.222. The summed E-state index contributed by atoms with van der Waals surface area (Å²) >= 11 is 6.02. The van der Waals surface area contributed by atoms with Crippen molar-refractivity contribution in [2.75, 3.05) is 6.54 Å².